The highest BCUT2D eigenvalue weighted by molar-refractivity contribution is 5.87. The molecule has 0 atom stereocenters. The van der Waals surface area contributed by atoms with Crippen molar-refractivity contribution in [3.8, 4) is 0 Å². The summed E-state index contributed by atoms with van der Waals surface area (Å²) in [5.74, 6) is -0.937. The van der Waals surface area contributed by atoms with Crippen LogP contribution in [0.2, 0.25) is 0 Å². The van der Waals surface area contributed by atoms with Crippen LogP contribution in [0.3, 0.4) is 0 Å². The highest BCUT2D eigenvalue weighted by Gasteiger charge is 2.15. The molecule has 6 heteroatoms. The number of rotatable bonds is 5. The molecule has 2 aromatic carbocycles. The fourth-order valence-electron chi connectivity index (χ4n) is 2.72. The standard InChI is InChI=1S/C19H22N4O2/c1-15-2-4-16(5-3-15)14-22-10-12-23(13-11-22)21-20-18-8-6-17(7-9-18)19(24)25/h2-9H,10-14H2,1H3,(H,24,25). The lowest BCUT2D eigenvalue weighted by atomic mass is 10.1. The van der Waals surface area contributed by atoms with E-state index in [0.717, 1.165) is 32.7 Å². The van der Waals surface area contributed by atoms with Crippen molar-refractivity contribution in [3.05, 3.63) is 65.2 Å². The van der Waals surface area contributed by atoms with Crippen LogP contribution in [-0.4, -0.2) is 47.2 Å². The molecule has 2 aromatic rings. The first-order valence-corrected chi connectivity index (χ1v) is 8.38. The number of aromatic carboxylic acids is 1. The molecule has 0 aromatic heterocycles. The number of benzene rings is 2. The Labute approximate surface area is 147 Å². The number of aryl methyl sites for hydroxylation is 1. The SMILES string of the molecule is Cc1ccc(CN2CCN(N=Nc3ccc(C(=O)O)cc3)CC2)cc1. The van der Waals surface area contributed by atoms with E-state index in [2.05, 4.69) is 46.4 Å². The molecule has 0 spiro atoms. The Morgan fingerprint density at radius 2 is 1.64 bits per heavy atom. The highest BCUT2D eigenvalue weighted by Crippen LogP contribution is 2.15. The van der Waals surface area contributed by atoms with Gasteiger partial charge in [0.2, 0.25) is 0 Å². The number of hydrogen-bond donors (Lipinski definition) is 1. The number of piperazine rings is 1. The Bertz CT molecular complexity index is 733. The van der Waals surface area contributed by atoms with E-state index in [1.165, 1.54) is 23.3 Å². The fourth-order valence-corrected chi connectivity index (χ4v) is 2.72. The number of carboxylic acid groups (broad SMARTS) is 1. The van der Waals surface area contributed by atoms with Gasteiger partial charge in [0.1, 0.15) is 0 Å². The highest BCUT2D eigenvalue weighted by atomic mass is 16.4. The Morgan fingerprint density at radius 3 is 2.24 bits per heavy atom. The predicted molar refractivity (Wildman–Crippen MR) is 95.9 cm³/mol. The largest absolute Gasteiger partial charge is 0.478 e. The summed E-state index contributed by atoms with van der Waals surface area (Å²) in [5, 5.41) is 19.3. The molecule has 6 nitrogen and oxygen atoms in total. The molecule has 0 aliphatic carbocycles. The first-order chi connectivity index (χ1) is 12.1. The quantitative estimate of drug-likeness (QED) is 0.847. The molecule has 3 rings (SSSR count). The van der Waals surface area contributed by atoms with Gasteiger partial charge >= 0.3 is 5.97 Å². The van der Waals surface area contributed by atoms with E-state index in [-0.39, 0.29) is 5.56 Å². The van der Waals surface area contributed by atoms with Gasteiger partial charge in [0.25, 0.3) is 0 Å². The third kappa shape index (κ3) is 4.87. The van der Waals surface area contributed by atoms with Crippen molar-refractivity contribution >= 4 is 11.7 Å². The van der Waals surface area contributed by atoms with Gasteiger partial charge in [0, 0.05) is 19.6 Å². The first kappa shape index (κ1) is 17.1. The minimum absolute atomic E-state index is 0.253. The Hall–Kier alpha value is -2.73. The van der Waals surface area contributed by atoms with Crippen LogP contribution in [0.15, 0.2) is 58.9 Å². The van der Waals surface area contributed by atoms with Crippen LogP contribution >= 0.6 is 0 Å². The van der Waals surface area contributed by atoms with E-state index in [4.69, 9.17) is 5.11 Å². The van der Waals surface area contributed by atoms with Crippen LogP contribution in [0.5, 0.6) is 0 Å². The Balaban J connectivity index is 1.48. The molecule has 1 saturated heterocycles. The fraction of sp³-hybridized carbons (Fsp3) is 0.316. The van der Waals surface area contributed by atoms with Crippen molar-refractivity contribution in [1.29, 1.82) is 0 Å². The summed E-state index contributed by atoms with van der Waals surface area (Å²) in [6.07, 6.45) is 0. The van der Waals surface area contributed by atoms with E-state index in [1.807, 2.05) is 5.01 Å². The third-order valence-electron chi connectivity index (χ3n) is 4.28. The van der Waals surface area contributed by atoms with Crippen molar-refractivity contribution < 1.29 is 9.90 Å². The van der Waals surface area contributed by atoms with Crippen molar-refractivity contribution in [1.82, 2.24) is 9.91 Å². The maximum atomic E-state index is 10.8. The van der Waals surface area contributed by atoms with Gasteiger partial charge < -0.3 is 5.11 Å². The first-order valence-electron chi connectivity index (χ1n) is 8.38. The lowest BCUT2D eigenvalue weighted by Crippen LogP contribution is -2.43. The smallest absolute Gasteiger partial charge is 0.335 e. The second-order valence-corrected chi connectivity index (χ2v) is 6.26. The zero-order valence-corrected chi connectivity index (χ0v) is 14.3. The van der Waals surface area contributed by atoms with Crippen molar-refractivity contribution in [2.45, 2.75) is 13.5 Å². The maximum Gasteiger partial charge on any atom is 0.335 e. The van der Waals surface area contributed by atoms with Gasteiger partial charge in [-0.15, -0.1) is 5.11 Å². The van der Waals surface area contributed by atoms with Crippen LogP contribution in [-0.2, 0) is 6.54 Å². The minimum atomic E-state index is -0.937. The number of carbonyl (C=O) groups is 1. The molecule has 0 bridgehead atoms. The Kier molecular flexibility index (Phi) is 5.40. The maximum absolute atomic E-state index is 10.8. The van der Waals surface area contributed by atoms with E-state index in [1.54, 1.807) is 12.1 Å². The number of nitrogens with zero attached hydrogens (tertiary/aromatic N) is 4. The molecule has 0 saturated carbocycles. The zero-order chi connectivity index (χ0) is 17.6. The molecule has 1 aliphatic rings. The monoisotopic (exact) mass is 338 g/mol. The minimum Gasteiger partial charge on any atom is -0.478 e. The van der Waals surface area contributed by atoms with Crippen LogP contribution < -0.4 is 0 Å². The summed E-state index contributed by atoms with van der Waals surface area (Å²) in [5.41, 5.74) is 3.53. The summed E-state index contributed by atoms with van der Waals surface area (Å²) in [6, 6.07) is 15.1. The normalized spacial score (nSPS) is 15.6. The van der Waals surface area contributed by atoms with E-state index in [9.17, 15) is 4.79 Å². The van der Waals surface area contributed by atoms with Crippen LogP contribution in [0.4, 0.5) is 5.69 Å². The molecule has 1 heterocycles. The van der Waals surface area contributed by atoms with Crippen LogP contribution in [0.25, 0.3) is 0 Å². The number of carboxylic acids is 1. The van der Waals surface area contributed by atoms with Gasteiger partial charge in [-0.25, -0.2) is 4.79 Å². The van der Waals surface area contributed by atoms with Crippen LogP contribution in [0, 0.1) is 6.92 Å². The molecule has 0 radical (unpaired) electrons. The average Bonchev–Trinajstić information content (AvgIpc) is 2.63. The summed E-state index contributed by atoms with van der Waals surface area (Å²) in [4.78, 5) is 13.2. The van der Waals surface area contributed by atoms with Crippen molar-refractivity contribution in [3.63, 3.8) is 0 Å². The summed E-state index contributed by atoms with van der Waals surface area (Å²) in [6.45, 7) is 6.63. The third-order valence-corrected chi connectivity index (χ3v) is 4.28. The average molecular weight is 338 g/mol. The predicted octanol–water partition coefficient (Wildman–Crippen LogP) is 3.51. The van der Waals surface area contributed by atoms with Gasteiger partial charge in [-0.3, -0.25) is 9.91 Å². The molecule has 0 unspecified atom stereocenters. The molecular weight excluding hydrogens is 316 g/mol. The van der Waals surface area contributed by atoms with Gasteiger partial charge in [0.05, 0.1) is 24.3 Å². The van der Waals surface area contributed by atoms with Gasteiger partial charge in [0.15, 0.2) is 0 Å². The summed E-state index contributed by atoms with van der Waals surface area (Å²) >= 11 is 0. The molecule has 130 valence electrons. The van der Waals surface area contributed by atoms with Gasteiger partial charge in [-0.1, -0.05) is 35.1 Å². The van der Waals surface area contributed by atoms with Crippen molar-refractivity contribution in [2.75, 3.05) is 26.2 Å². The molecule has 1 aliphatic heterocycles. The molecule has 25 heavy (non-hydrogen) atoms. The molecular formula is C19H22N4O2. The zero-order valence-electron chi connectivity index (χ0n) is 14.3. The Morgan fingerprint density at radius 1 is 1.00 bits per heavy atom. The molecule has 1 N–H and O–H groups in total. The van der Waals surface area contributed by atoms with Crippen LogP contribution in [0.1, 0.15) is 21.5 Å². The molecule has 0 amide bonds. The van der Waals surface area contributed by atoms with Crippen molar-refractivity contribution in [2.24, 2.45) is 10.3 Å². The van der Waals surface area contributed by atoms with Gasteiger partial charge in [-0.2, -0.15) is 0 Å². The second-order valence-electron chi connectivity index (χ2n) is 6.26. The summed E-state index contributed by atoms with van der Waals surface area (Å²) < 4.78 is 0. The van der Waals surface area contributed by atoms with E-state index < -0.39 is 5.97 Å². The summed E-state index contributed by atoms with van der Waals surface area (Å²) in [7, 11) is 0. The molecule has 1 fully saturated rings. The van der Waals surface area contributed by atoms with E-state index >= 15 is 0 Å². The topological polar surface area (TPSA) is 68.5 Å². The second kappa shape index (κ2) is 7.90. The lowest BCUT2D eigenvalue weighted by Gasteiger charge is -2.32. The van der Waals surface area contributed by atoms with Gasteiger partial charge in [-0.05, 0) is 36.8 Å². The number of hydrogen-bond acceptors (Lipinski definition) is 4. The lowest BCUT2D eigenvalue weighted by molar-refractivity contribution is 0.0697. The van der Waals surface area contributed by atoms with E-state index in [0.29, 0.717) is 5.69 Å².